The van der Waals surface area contributed by atoms with Crippen LogP contribution in [0.4, 0.5) is 5.69 Å². The van der Waals surface area contributed by atoms with E-state index in [0.29, 0.717) is 46.8 Å². The van der Waals surface area contributed by atoms with Crippen LogP contribution in [0.2, 0.25) is 5.02 Å². The van der Waals surface area contributed by atoms with Crippen LogP contribution in [0, 0.1) is 5.92 Å². The highest BCUT2D eigenvalue weighted by Crippen LogP contribution is 2.35. The lowest BCUT2D eigenvalue weighted by Crippen LogP contribution is -2.35. The average molecular weight is 585 g/mol. The van der Waals surface area contributed by atoms with E-state index in [0.717, 1.165) is 15.6 Å². The third kappa shape index (κ3) is 4.99. The number of fused-ring (bicyclic) bond motifs is 5. The lowest BCUT2D eigenvalue weighted by atomic mass is 9.96. The number of carbonyl (C=O) groups is 1. The van der Waals surface area contributed by atoms with Gasteiger partial charge in [-0.05, 0) is 37.1 Å². The molecule has 0 spiro atoms. The Hall–Kier alpha value is -4.33. The van der Waals surface area contributed by atoms with Crippen LogP contribution in [0.1, 0.15) is 37.9 Å². The van der Waals surface area contributed by atoms with E-state index < -0.39 is 11.9 Å². The SMILES string of the molecule is [B]C(O)(O)n1ncc2c1-c1ccnc(c1)C(n1cnc(-c3cc(Cl)cc4cnn(C)c34)cc1=O)CCCC(C)C(=O)N2. The van der Waals surface area contributed by atoms with Crippen molar-refractivity contribution in [3.8, 4) is 22.5 Å². The first kappa shape index (κ1) is 27.8. The molecule has 1 aliphatic heterocycles. The number of hydrogen-bond acceptors (Lipinski definition) is 8. The zero-order valence-corrected chi connectivity index (χ0v) is 23.5. The summed E-state index contributed by atoms with van der Waals surface area (Å²) < 4.78 is 4.03. The fourth-order valence-corrected chi connectivity index (χ4v) is 5.68. The van der Waals surface area contributed by atoms with Crippen LogP contribution in [-0.2, 0) is 17.7 Å². The second kappa shape index (κ2) is 10.5. The van der Waals surface area contributed by atoms with E-state index in [4.69, 9.17) is 19.4 Å². The highest BCUT2D eigenvalue weighted by atomic mass is 35.5. The van der Waals surface area contributed by atoms with Crippen molar-refractivity contribution in [3.05, 3.63) is 76.3 Å². The predicted molar refractivity (Wildman–Crippen MR) is 157 cm³/mol. The molecular weight excluding hydrogens is 559 g/mol. The minimum atomic E-state index is -2.83. The Labute approximate surface area is 246 Å². The first-order valence-electron chi connectivity index (χ1n) is 13.3. The number of aromatic nitrogens is 7. The second-order valence-corrected chi connectivity index (χ2v) is 10.9. The molecule has 2 bridgehead atoms. The fraction of sp³-hybridized carbons (Fsp3) is 0.286. The summed E-state index contributed by atoms with van der Waals surface area (Å²) in [7, 11) is 7.38. The number of halogens is 1. The van der Waals surface area contributed by atoms with Crippen molar-refractivity contribution in [1.29, 1.82) is 0 Å². The molecule has 4 aromatic heterocycles. The number of benzene rings is 1. The fourth-order valence-electron chi connectivity index (χ4n) is 5.45. The largest absolute Gasteiger partial charge is 0.356 e. The van der Waals surface area contributed by atoms with Gasteiger partial charge in [0.05, 0.1) is 53.0 Å². The van der Waals surface area contributed by atoms with Gasteiger partial charge in [-0.1, -0.05) is 24.9 Å². The quantitative estimate of drug-likeness (QED) is 0.216. The number of nitrogens with zero attached hydrogens (tertiary/aromatic N) is 7. The van der Waals surface area contributed by atoms with Gasteiger partial charge >= 0.3 is 0 Å². The number of anilines is 1. The molecule has 3 N–H and O–H groups in total. The standard InChI is InChI=1S/C28H26BClN8O4/c1-15-4-3-5-23(21-9-16(6-7-31-21)26-22(35-27(15)40)13-34-38(26)28(29,41)42)37-14-32-20(11-24(37)39)19-10-18(30)8-17-12-33-36(2)25(17)19/h6-15,23,41-42H,3-5H2,1-2H3,(H,35,40). The van der Waals surface area contributed by atoms with E-state index in [9.17, 15) is 19.8 Å². The molecule has 1 amide bonds. The van der Waals surface area contributed by atoms with Crippen LogP contribution < -0.4 is 10.9 Å². The Kier molecular flexibility index (Phi) is 6.96. The highest BCUT2D eigenvalue weighted by Gasteiger charge is 2.29. The number of hydrogen-bond donors (Lipinski definition) is 3. The summed E-state index contributed by atoms with van der Waals surface area (Å²) in [5, 5.41) is 32.8. The topological polar surface area (TPSA) is 153 Å². The van der Waals surface area contributed by atoms with E-state index in [2.05, 4.69) is 25.5 Å². The molecule has 0 fully saturated rings. The monoisotopic (exact) mass is 584 g/mol. The van der Waals surface area contributed by atoms with Crippen molar-refractivity contribution in [2.24, 2.45) is 13.0 Å². The first-order valence-corrected chi connectivity index (χ1v) is 13.7. The molecule has 5 heterocycles. The van der Waals surface area contributed by atoms with Gasteiger partial charge in [0.25, 0.3) is 5.56 Å². The zero-order valence-electron chi connectivity index (χ0n) is 22.8. The zero-order chi connectivity index (χ0) is 29.8. The average Bonchev–Trinajstić information content (AvgIpc) is 3.54. The van der Waals surface area contributed by atoms with Gasteiger partial charge in [0.1, 0.15) is 0 Å². The van der Waals surface area contributed by atoms with Crippen molar-refractivity contribution < 1.29 is 15.0 Å². The summed E-state index contributed by atoms with van der Waals surface area (Å²) >= 11 is 6.36. The van der Waals surface area contributed by atoms with Gasteiger partial charge in [-0.15, -0.1) is 0 Å². The molecular formula is C28H26BClN8O4. The summed E-state index contributed by atoms with van der Waals surface area (Å²) in [4.78, 5) is 35.9. The van der Waals surface area contributed by atoms with Crippen LogP contribution in [0.25, 0.3) is 33.4 Å². The van der Waals surface area contributed by atoms with E-state index in [1.165, 1.54) is 23.2 Å². The number of rotatable bonds is 3. The molecule has 5 aromatic rings. The van der Waals surface area contributed by atoms with Crippen LogP contribution in [0.3, 0.4) is 0 Å². The maximum Gasteiger partial charge on any atom is 0.254 e. The summed E-state index contributed by atoms with van der Waals surface area (Å²) in [5.74, 6) is -3.47. The molecule has 2 radical (unpaired) electrons. The molecule has 6 rings (SSSR count). The highest BCUT2D eigenvalue weighted by molar-refractivity contribution is 6.31. The first-order chi connectivity index (χ1) is 20.0. The third-order valence-corrected chi connectivity index (χ3v) is 7.76. The van der Waals surface area contributed by atoms with Gasteiger partial charge in [-0.25, -0.2) is 9.67 Å². The number of nitrogens with one attached hydrogen (secondary N) is 1. The molecule has 1 aromatic carbocycles. The molecule has 1 aliphatic rings. The molecule has 0 aliphatic carbocycles. The predicted octanol–water partition coefficient (Wildman–Crippen LogP) is 2.78. The van der Waals surface area contributed by atoms with Gasteiger partial charge in [0.2, 0.25) is 11.7 Å². The molecule has 14 heteroatoms. The van der Waals surface area contributed by atoms with Crippen molar-refractivity contribution >= 4 is 41.9 Å². The summed E-state index contributed by atoms with van der Waals surface area (Å²) in [6.07, 6.45) is 7.69. The maximum absolute atomic E-state index is 13.7. The summed E-state index contributed by atoms with van der Waals surface area (Å²) in [6, 6.07) is 7.83. The minimum absolute atomic E-state index is 0.174. The molecule has 42 heavy (non-hydrogen) atoms. The van der Waals surface area contributed by atoms with Crippen LogP contribution in [0.15, 0.2) is 60.0 Å². The molecule has 2 unspecified atom stereocenters. The van der Waals surface area contributed by atoms with Crippen molar-refractivity contribution in [1.82, 2.24) is 34.1 Å². The van der Waals surface area contributed by atoms with E-state index >= 15 is 0 Å². The van der Waals surface area contributed by atoms with E-state index in [-0.39, 0.29) is 28.8 Å². The summed E-state index contributed by atoms with van der Waals surface area (Å²) in [6.45, 7) is 1.80. The second-order valence-electron chi connectivity index (χ2n) is 10.5. The van der Waals surface area contributed by atoms with Gasteiger partial charge < -0.3 is 15.5 Å². The number of pyridine rings is 1. The number of amides is 1. The van der Waals surface area contributed by atoms with Crippen molar-refractivity contribution in [2.45, 2.75) is 38.0 Å². The lowest BCUT2D eigenvalue weighted by molar-refractivity contribution is -0.158. The van der Waals surface area contributed by atoms with Crippen LogP contribution in [-0.4, -0.2) is 58.1 Å². The lowest BCUT2D eigenvalue weighted by Gasteiger charge is -2.24. The molecule has 0 saturated carbocycles. The number of aliphatic hydroxyl groups is 2. The van der Waals surface area contributed by atoms with Gasteiger partial charge in [-0.3, -0.25) is 23.8 Å². The molecule has 0 saturated heterocycles. The third-order valence-electron chi connectivity index (χ3n) is 7.54. The van der Waals surface area contributed by atoms with Crippen LogP contribution in [0.5, 0.6) is 0 Å². The smallest absolute Gasteiger partial charge is 0.254 e. The van der Waals surface area contributed by atoms with Crippen LogP contribution >= 0.6 is 11.6 Å². The van der Waals surface area contributed by atoms with E-state index in [1.54, 1.807) is 48.3 Å². The molecule has 12 nitrogen and oxygen atoms in total. The maximum atomic E-state index is 13.7. The Bertz CT molecular complexity index is 1890. The number of carbonyl (C=O) groups excluding carboxylic acids is 1. The van der Waals surface area contributed by atoms with Gasteiger partial charge in [0.15, 0.2) is 7.85 Å². The Balaban J connectivity index is 1.48. The number of aryl methyl sites for hydroxylation is 1. The molecule has 212 valence electrons. The Morgan fingerprint density at radius 3 is 2.67 bits per heavy atom. The minimum Gasteiger partial charge on any atom is -0.356 e. The van der Waals surface area contributed by atoms with Gasteiger partial charge in [0, 0.05) is 46.8 Å². The van der Waals surface area contributed by atoms with E-state index in [1.807, 2.05) is 7.05 Å². The summed E-state index contributed by atoms with van der Waals surface area (Å²) in [5.41, 5.74) is 3.05. The van der Waals surface area contributed by atoms with Crippen molar-refractivity contribution in [2.75, 3.05) is 5.32 Å². The normalized spacial score (nSPS) is 17.8. The molecule has 2 atom stereocenters. The van der Waals surface area contributed by atoms with Crippen molar-refractivity contribution in [3.63, 3.8) is 0 Å². The Morgan fingerprint density at radius 1 is 1.10 bits per heavy atom. The van der Waals surface area contributed by atoms with Gasteiger partial charge in [-0.2, -0.15) is 10.2 Å². The Morgan fingerprint density at radius 2 is 1.90 bits per heavy atom.